The maximum absolute atomic E-state index is 13.5. The van der Waals surface area contributed by atoms with Crippen LogP contribution >= 0.6 is 11.6 Å². The number of ether oxygens (including phenoxy) is 2. The molecule has 3 aromatic rings. The van der Waals surface area contributed by atoms with E-state index in [1.807, 2.05) is 0 Å². The summed E-state index contributed by atoms with van der Waals surface area (Å²) in [6.07, 6.45) is -5.41. The number of methoxy groups -OCH3 is 1. The molecule has 3 aromatic carbocycles. The SMILES string of the molecule is CCN(Cc1cc(C(F)(F)F)ccc1-c1cc(Cl)cc(CC(=O)OC)c1)C(=O)OCc1ccc(F)cc1. The minimum absolute atomic E-state index is 0.0726. The number of halogens is 5. The second-order valence-corrected chi connectivity index (χ2v) is 8.60. The van der Waals surface area contributed by atoms with Crippen molar-refractivity contribution < 1.29 is 36.6 Å². The van der Waals surface area contributed by atoms with E-state index in [9.17, 15) is 27.2 Å². The van der Waals surface area contributed by atoms with Crippen molar-refractivity contribution in [2.75, 3.05) is 13.7 Å². The topological polar surface area (TPSA) is 55.8 Å². The van der Waals surface area contributed by atoms with Gasteiger partial charge in [-0.2, -0.15) is 13.2 Å². The van der Waals surface area contributed by atoms with Crippen LogP contribution in [-0.2, 0) is 40.0 Å². The van der Waals surface area contributed by atoms with Gasteiger partial charge in [-0.05, 0) is 71.1 Å². The van der Waals surface area contributed by atoms with Gasteiger partial charge in [-0.1, -0.05) is 35.9 Å². The third-order valence-corrected chi connectivity index (χ3v) is 5.77. The molecule has 0 aromatic heterocycles. The molecule has 1 amide bonds. The number of rotatable bonds is 8. The Hall–Kier alpha value is -3.59. The second-order valence-electron chi connectivity index (χ2n) is 8.17. The molecule has 0 spiro atoms. The summed E-state index contributed by atoms with van der Waals surface area (Å²) < 4.78 is 63.7. The number of carbonyl (C=O) groups excluding carboxylic acids is 2. The monoisotopic (exact) mass is 537 g/mol. The Kier molecular flexibility index (Phi) is 9.15. The predicted molar refractivity (Wildman–Crippen MR) is 130 cm³/mol. The van der Waals surface area contributed by atoms with Crippen molar-refractivity contribution in [2.45, 2.75) is 32.7 Å². The molecular weight excluding hydrogens is 514 g/mol. The molecule has 0 bridgehead atoms. The van der Waals surface area contributed by atoms with Crippen molar-refractivity contribution in [1.29, 1.82) is 0 Å². The van der Waals surface area contributed by atoms with Crippen molar-refractivity contribution in [3.63, 3.8) is 0 Å². The first-order chi connectivity index (χ1) is 17.5. The molecule has 0 aliphatic carbocycles. The third kappa shape index (κ3) is 7.69. The first-order valence-electron chi connectivity index (χ1n) is 11.2. The zero-order chi connectivity index (χ0) is 27.2. The number of nitrogens with zero attached hydrogens (tertiary/aromatic N) is 1. The van der Waals surface area contributed by atoms with Crippen molar-refractivity contribution in [3.8, 4) is 11.1 Å². The summed E-state index contributed by atoms with van der Waals surface area (Å²) in [4.78, 5) is 25.7. The number of alkyl halides is 3. The number of hydrogen-bond donors (Lipinski definition) is 0. The van der Waals surface area contributed by atoms with Crippen LogP contribution in [0.2, 0.25) is 5.02 Å². The minimum Gasteiger partial charge on any atom is -0.469 e. The zero-order valence-electron chi connectivity index (χ0n) is 20.1. The van der Waals surface area contributed by atoms with E-state index in [1.54, 1.807) is 25.1 Å². The summed E-state index contributed by atoms with van der Waals surface area (Å²) in [6, 6.07) is 13.4. The van der Waals surface area contributed by atoms with Gasteiger partial charge in [-0.15, -0.1) is 0 Å². The van der Waals surface area contributed by atoms with E-state index in [4.69, 9.17) is 16.3 Å². The molecule has 0 saturated carbocycles. The van der Waals surface area contributed by atoms with E-state index in [-0.39, 0.29) is 36.7 Å². The summed E-state index contributed by atoms with van der Waals surface area (Å²) in [7, 11) is 1.25. The highest BCUT2D eigenvalue weighted by atomic mass is 35.5. The Morgan fingerprint density at radius 2 is 1.68 bits per heavy atom. The van der Waals surface area contributed by atoms with Crippen LogP contribution in [0.25, 0.3) is 11.1 Å². The lowest BCUT2D eigenvalue weighted by Gasteiger charge is -2.23. The van der Waals surface area contributed by atoms with Crippen LogP contribution in [0.4, 0.5) is 22.4 Å². The molecule has 0 unspecified atom stereocenters. The molecule has 0 aliphatic heterocycles. The second kappa shape index (κ2) is 12.1. The molecule has 0 aliphatic rings. The molecule has 196 valence electrons. The molecule has 10 heteroatoms. The van der Waals surface area contributed by atoms with E-state index < -0.39 is 29.6 Å². The van der Waals surface area contributed by atoms with Crippen molar-refractivity contribution in [1.82, 2.24) is 4.90 Å². The highest BCUT2D eigenvalue weighted by Gasteiger charge is 2.31. The zero-order valence-corrected chi connectivity index (χ0v) is 20.8. The number of hydrogen-bond acceptors (Lipinski definition) is 4. The Bertz CT molecular complexity index is 1260. The van der Waals surface area contributed by atoms with E-state index in [2.05, 4.69) is 4.74 Å². The normalized spacial score (nSPS) is 11.2. The van der Waals surface area contributed by atoms with E-state index in [1.165, 1.54) is 42.3 Å². The fourth-order valence-electron chi connectivity index (χ4n) is 3.66. The van der Waals surface area contributed by atoms with Gasteiger partial charge in [0.2, 0.25) is 0 Å². The van der Waals surface area contributed by atoms with Crippen LogP contribution in [0.5, 0.6) is 0 Å². The highest BCUT2D eigenvalue weighted by molar-refractivity contribution is 6.31. The number of esters is 1. The first-order valence-corrected chi connectivity index (χ1v) is 11.6. The van der Waals surface area contributed by atoms with Crippen LogP contribution < -0.4 is 0 Å². The Morgan fingerprint density at radius 1 is 0.973 bits per heavy atom. The van der Waals surface area contributed by atoms with Crippen molar-refractivity contribution >= 4 is 23.7 Å². The lowest BCUT2D eigenvalue weighted by molar-refractivity contribution is -0.140. The highest BCUT2D eigenvalue weighted by Crippen LogP contribution is 2.35. The van der Waals surface area contributed by atoms with Gasteiger partial charge >= 0.3 is 18.2 Å². The fourth-order valence-corrected chi connectivity index (χ4v) is 3.92. The number of benzene rings is 3. The molecule has 0 fully saturated rings. The Balaban J connectivity index is 1.93. The quantitative estimate of drug-likeness (QED) is 0.228. The van der Waals surface area contributed by atoms with Crippen LogP contribution in [0.1, 0.15) is 29.2 Å². The first kappa shape index (κ1) is 28.0. The largest absolute Gasteiger partial charge is 0.469 e. The van der Waals surface area contributed by atoms with E-state index >= 15 is 0 Å². The number of carbonyl (C=O) groups is 2. The van der Waals surface area contributed by atoms with Gasteiger partial charge < -0.3 is 14.4 Å². The molecule has 3 rings (SSSR count). The molecule has 5 nitrogen and oxygen atoms in total. The maximum atomic E-state index is 13.5. The van der Waals surface area contributed by atoms with Crippen molar-refractivity contribution in [2.24, 2.45) is 0 Å². The van der Waals surface area contributed by atoms with Crippen LogP contribution in [0.15, 0.2) is 60.7 Å². The van der Waals surface area contributed by atoms with Crippen molar-refractivity contribution in [3.05, 3.63) is 93.8 Å². The average molecular weight is 538 g/mol. The van der Waals surface area contributed by atoms with Crippen LogP contribution in [-0.4, -0.2) is 30.6 Å². The molecular formula is C27H24ClF4NO4. The lowest BCUT2D eigenvalue weighted by Crippen LogP contribution is -2.31. The van der Waals surface area contributed by atoms with Gasteiger partial charge in [0.15, 0.2) is 0 Å². The van der Waals surface area contributed by atoms with Gasteiger partial charge in [0.1, 0.15) is 12.4 Å². The smallest absolute Gasteiger partial charge is 0.416 e. The summed E-state index contributed by atoms with van der Waals surface area (Å²) in [6.45, 7) is 1.51. The van der Waals surface area contributed by atoms with Crippen LogP contribution in [0.3, 0.4) is 0 Å². The molecule has 0 radical (unpaired) electrons. The van der Waals surface area contributed by atoms with Gasteiger partial charge in [0, 0.05) is 18.1 Å². The molecule has 37 heavy (non-hydrogen) atoms. The fraction of sp³-hybridized carbons (Fsp3) is 0.259. The maximum Gasteiger partial charge on any atom is 0.416 e. The van der Waals surface area contributed by atoms with Gasteiger partial charge in [0.05, 0.1) is 19.1 Å². The summed E-state index contributed by atoms with van der Waals surface area (Å²) in [5.41, 5.74) is 1.30. The summed E-state index contributed by atoms with van der Waals surface area (Å²) >= 11 is 6.24. The van der Waals surface area contributed by atoms with Crippen LogP contribution in [0, 0.1) is 5.82 Å². The number of amides is 1. The van der Waals surface area contributed by atoms with Gasteiger partial charge in [-0.25, -0.2) is 9.18 Å². The summed E-state index contributed by atoms with van der Waals surface area (Å²) in [5, 5.41) is 0.285. The standard InChI is InChI=1S/C27H24ClF4NO4/c1-3-33(26(35)37-16-17-4-7-23(29)8-5-17)15-20-13-21(27(30,31)32)6-9-24(20)19-10-18(11-22(28)14-19)12-25(34)36-2/h4-11,13-14H,3,12,15-16H2,1-2H3. The Morgan fingerprint density at radius 3 is 2.30 bits per heavy atom. The third-order valence-electron chi connectivity index (χ3n) is 5.55. The van der Waals surface area contributed by atoms with Gasteiger partial charge in [0.25, 0.3) is 0 Å². The molecule has 0 N–H and O–H groups in total. The molecule has 0 heterocycles. The summed E-state index contributed by atoms with van der Waals surface area (Å²) in [5.74, 6) is -0.931. The van der Waals surface area contributed by atoms with Gasteiger partial charge in [-0.3, -0.25) is 4.79 Å². The minimum atomic E-state index is -4.60. The average Bonchev–Trinajstić information content (AvgIpc) is 2.85. The van der Waals surface area contributed by atoms with E-state index in [0.29, 0.717) is 22.3 Å². The predicted octanol–water partition coefficient (Wildman–Crippen LogP) is 7.04. The lowest BCUT2D eigenvalue weighted by atomic mass is 9.95. The Labute approximate surface area is 216 Å². The molecule has 0 atom stereocenters. The molecule has 0 saturated heterocycles. The van der Waals surface area contributed by atoms with E-state index in [0.717, 1.165) is 12.1 Å².